The molecule has 0 spiro atoms. The van der Waals surface area contributed by atoms with Crippen LogP contribution in [0.5, 0.6) is 0 Å². The number of hydrogen-bond donors (Lipinski definition) is 11. The topological polar surface area (TPSA) is 342 Å². The second-order valence-electron chi connectivity index (χ2n) is 3.70. The molecule has 11 N–H and O–H groups in total. The molecule has 0 amide bonds. The highest BCUT2D eigenvalue weighted by Gasteiger charge is 2.29. The molecule has 0 bridgehead atoms. The van der Waals surface area contributed by atoms with Crippen molar-refractivity contribution in [2.24, 2.45) is 0 Å². The average molecular weight is 474 g/mol. The monoisotopic (exact) mass is 474 g/mol. The standard InChI is InChI=1S/C6H12O6.3H2O4S/c7-1-3(9)5(11)6(12)4(10)2-8;3*1-5(2,3)4/h1,3-6,8-12H,2H2;3*(H2,1,2,3,4)/t3-,4+,5+,6+;;;/m0.../s1. The molecule has 0 saturated heterocycles. The van der Waals surface area contributed by atoms with Crippen molar-refractivity contribution in [3.05, 3.63) is 0 Å². The Morgan fingerprint density at radius 1 is 0.630 bits per heavy atom. The third kappa shape index (κ3) is 58.7. The van der Waals surface area contributed by atoms with Crippen molar-refractivity contribution in [2.75, 3.05) is 6.61 Å². The van der Waals surface area contributed by atoms with Gasteiger partial charge < -0.3 is 30.3 Å². The molecule has 0 aromatic heterocycles. The maximum Gasteiger partial charge on any atom is 0.394 e. The molecule has 21 heteroatoms. The van der Waals surface area contributed by atoms with E-state index >= 15 is 0 Å². The Morgan fingerprint density at radius 2 is 0.852 bits per heavy atom. The van der Waals surface area contributed by atoms with Gasteiger partial charge in [0.15, 0.2) is 6.29 Å². The summed E-state index contributed by atoms with van der Waals surface area (Å²) in [4.78, 5) is 9.90. The molecule has 0 heterocycles. The molecular formula is C6H18O18S3. The molecule has 0 fully saturated rings. The number of aldehydes is 1. The van der Waals surface area contributed by atoms with E-state index in [0.717, 1.165) is 0 Å². The Balaban J connectivity index is -0.000000147. The largest absolute Gasteiger partial charge is 0.394 e. The van der Waals surface area contributed by atoms with Crippen LogP contribution < -0.4 is 0 Å². The molecule has 0 aliphatic heterocycles. The van der Waals surface area contributed by atoms with Crippen LogP contribution >= 0.6 is 0 Å². The van der Waals surface area contributed by atoms with Crippen molar-refractivity contribution < 1.29 is 82.9 Å². The highest BCUT2D eigenvalue weighted by atomic mass is 32.3. The minimum absolute atomic E-state index is 0.0258. The van der Waals surface area contributed by atoms with Crippen LogP contribution in [0.15, 0.2) is 0 Å². The number of aliphatic hydroxyl groups excluding tert-OH is 5. The van der Waals surface area contributed by atoms with Crippen LogP contribution in [0.25, 0.3) is 0 Å². The van der Waals surface area contributed by atoms with E-state index in [9.17, 15) is 4.79 Å². The highest BCUT2D eigenvalue weighted by Crippen LogP contribution is 2.02. The lowest BCUT2D eigenvalue weighted by Crippen LogP contribution is -2.46. The first-order chi connectivity index (χ1) is 11.5. The van der Waals surface area contributed by atoms with Gasteiger partial charge in [-0.15, -0.1) is 0 Å². The van der Waals surface area contributed by atoms with Crippen LogP contribution in [-0.2, 0) is 36.0 Å². The first-order valence-electron chi connectivity index (χ1n) is 5.42. The van der Waals surface area contributed by atoms with Gasteiger partial charge in [-0.1, -0.05) is 0 Å². The summed E-state index contributed by atoms with van der Waals surface area (Å²) in [5.41, 5.74) is 0. The lowest BCUT2D eigenvalue weighted by Gasteiger charge is -2.22. The van der Waals surface area contributed by atoms with Gasteiger partial charge in [0.05, 0.1) is 6.61 Å². The van der Waals surface area contributed by atoms with Crippen LogP contribution in [0.3, 0.4) is 0 Å². The number of hydrogen-bond acceptors (Lipinski definition) is 12. The lowest BCUT2D eigenvalue weighted by atomic mass is 10.0. The summed E-state index contributed by atoms with van der Waals surface area (Å²) in [6, 6.07) is 0. The van der Waals surface area contributed by atoms with E-state index in [-0.39, 0.29) is 6.29 Å². The Labute approximate surface area is 152 Å². The maximum atomic E-state index is 9.90. The minimum Gasteiger partial charge on any atom is -0.394 e. The van der Waals surface area contributed by atoms with E-state index in [1.54, 1.807) is 0 Å². The number of aliphatic hydroxyl groups is 5. The molecule has 27 heavy (non-hydrogen) atoms. The molecule has 18 nitrogen and oxygen atoms in total. The SMILES string of the molecule is O=C[C@H](O)[C@@H](O)[C@H](O)[C@H](O)CO.O=S(=O)(O)O.O=S(=O)(O)O.O=S(=O)(O)O. The molecule has 0 unspecified atom stereocenters. The van der Waals surface area contributed by atoms with Gasteiger partial charge in [-0.3, -0.25) is 27.3 Å². The molecule has 0 aliphatic rings. The van der Waals surface area contributed by atoms with Crippen molar-refractivity contribution in [1.29, 1.82) is 0 Å². The van der Waals surface area contributed by atoms with E-state index < -0.39 is 62.2 Å². The minimum atomic E-state index is -4.67. The van der Waals surface area contributed by atoms with E-state index in [0.29, 0.717) is 0 Å². The van der Waals surface area contributed by atoms with Crippen molar-refractivity contribution in [1.82, 2.24) is 0 Å². The van der Waals surface area contributed by atoms with Crippen LogP contribution in [0.1, 0.15) is 0 Å². The fraction of sp³-hybridized carbons (Fsp3) is 0.833. The molecule has 168 valence electrons. The van der Waals surface area contributed by atoms with Gasteiger partial charge in [0.1, 0.15) is 24.4 Å². The maximum absolute atomic E-state index is 9.90. The van der Waals surface area contributed by atoms with Crippen LogP contribution in [0.4, 0.5) is 0 Å². The normalized spacial score (nSPS) is 15.8. The fourth-order valence-corrected chi connectivity index (χ4v) is 0.618. The molecule has 0 radical (unpaired) electrons. The zero-order valence-corrected chi connectivity index (χ0v) is 15.0. The Kier molecular flexibility index (Phi) is 18.8. The van der Waals surface area contributed by atoms with E-state index in [2.05, 4.69) is 0 Å². The fourth-order valence-electron chi connectivity index (χ4n) is 0.618. The van der Waals surface area contributed by atoms with Crippen molar-refractivity contribution in [2.45, 2.75) is 24.4 Å². The second-order valence-corrected chi connectivity index (χ2v) is 6.39. The third-order valence-corrected chi connectivity index (χ3v) is 1.42. The van der Waals surface area contributed by atoms with Crippen molar-refractivity contribution >= 4 is 37.5 Å². The van der Waals surface area contributed by atoms with E-state index in [1.807, 2.05) is 0 Å². The molecule has 0 aliphatic carbocycles. The van der Waals surface area contributed by atoms with Gasteiger partial charge in [-0.05, 0) is 0 Å². The van der Waals surface area contributed by atoms with Crippen LogP contribution in [0, 0.1) is 0 Å². The van der Waals surface area contributed by atoms with Gasteiger partial charge in [0.2, 0.25) is 0 Å². The van der Waals surface area contributed by atoms with Gasteiger partial charge in [-0.2, -0.15) is 25.3 Å². The zero-order chi connectivity index (χ0) is 23.2. The molecule has 0 aromatic carbocycles. The van der Waals surface area contributed by atoms with Crippen molar-refractivity contribution in [3.63, 3.8) is 0 Å². The predicted octanol–water partition coefficient (Wildman–Crippen LogP) is -5.34. The van der Waals surface area contributed by atoms with Crippen LogP contribution in [0.2, 0.25) is 0 Å². The van der Waals surface area contributed by atoms with Gasteiger partial charge >= 0.3 is 31.2 Å². The first-order valence-corrected chi connectivity index (χ1v) is 9.61. The van der Waals surface area contributed by atoms with Crippen LogP contribution in [-0.4, -0.2) is 115 Å². The Bertz CT molecular complexity index is 581. The second kappa shape index (κ2) is 15.1. The summed E-state index contributed by atoms with van der Waals surface area (Å²) >= 11 is 0. The smallest absolute Gasteiger partial charge is 0.394 e. The van der Waals surface area contributed by atoms with Gasteiger partial charge in [-0.25, -0.2) is 0 Å². The number of rotatable bonds is 5. The van der Waals surface area contributed by atoms with Gasteiger partial charge in [0, 0.05) is 0 Å². The molecule has 4 atom stereocenters. The Hall–Kier alpha value is -0.920. The predicted molar refractivity (Wildman–Crippen MR) is 79.7 cm³/mol. The highest BCUT2D eigenvalue weighted by molar-refractivity contribution is 7.80. The summed E-state index contributed by atoms with van der Waals surface area (Å²) in [5.74, 6) is 0. The van der Waals surface area contributed by atoms with E-state index in [1.165, 1.54) is 0 Å². The van der Waals surface area contributed by atoms with Crippen molar-refractivity contribution in [3.8, 4) is 0 Å². The van der Waals surface area contributed by atoms with Gasteiger partial charge in [0.25, 0.3) is 0 Å². The first kappa shape index (κ1) is 33.6. The summed E-state index contributed by atoms with van der Waals surface area (Å²) in [5, 5.41) is 43.5. The quantitative estimate of drug-likeness (QED) is 0.131. The molecule has 0 aromatic rings. The molecule has 0 saturated carbocycles. The third-order valence-electron chi connectivity index (χ3n) is 1.42. The summed E-state index contributed by atoms with van der Waals surface area (Å²) in [6.45, 7) is -0.760. The number of carbonyl (C=O) groups excluding carboxylic acids is 1. The Morgan fingerprint density at radius 3 is 1.00 bits per heavy atom. The molecule has 0 rings (SSSR count). The average Bonchev–Trinajstić information content (AvgIpc) is 2.38. The summed E-state index contributed by atoms with van der Waals surface area (Å²) in [6.07, 6.45) is -6.84. The lowest BCUT2D eigenvalue weighted by molar-refractivity contribution is -0.136. The summed E-state index contributed by atoms with van der Waals surface area (Å²) < 4.78 is 94.8. The van der Waals surface area contributed by atoms with E-state index in [4.69, 9.17) is 78.1 Å². The molecular weight excluding hydrogens is 456 g/mol. The zero-order valence-electron chi connectivity index (χ0n) is 12.6. The summed E-state index contributed by atoms with van der Waals surface area (Å²) in [7, 11) is -14.0. The number of carbonyl (C=O) groups is 1.